The third kappa shape index (κ3) is 3.08. The van der Waals surface area contributed by atoms with E-state index in [0.717, 1.165) is 12.8 Å². The van der Waals surface area contributed by atoms with Crippen LogP contribution in [0, 0.1) is 33.3 Å². The van der Waals surface area contributed by atoms with E-state index in [4.69, 9.17) is 5.26 Å². The van der Waals surface area contributed by atoms with Gasteiger partial charge in [0.1, 0.15) is 5.69 Å². The van der Waals surface area contributed by atoms with E-state index in [0.29, 0.717) is 23.1 Å². The summed E-state index contributed by atoms with van der Waals surface area (Å²) >= 11 is 0. The van der Waals surface area contributed by atoms with Gasteiger partial charge in [-0.2, -0.15) is 5.26 Å². The molecule has 5 heteroatoms. The molecule has 2 rings (SSSR count). The van der Waals surface area contributed by atoms with Gasteiger partial charge in [-0.05, 0) is 36.8 Å². The highest BCUT2D eigenvalue weighted by molar-refractivity contribution is 5.64. The molecule has 1 saturated carbocycles. The molecule has 0 saturated heterocycles. The fourth-order valence-electron chi connectivity index (χ4n) is 2.81. The van der Waals surface area contributed by atoms with Crippen LogP contribution in [0.2, 0.25) is 0 Å². The van der Waals surface area contributed by atoms with Crippen LogP contribution in [-0.4, -0.2) is 11.0 Å². The summed E-state index contributed by atoms with van der Waals surface area (Å²) in [5.74, 6) is 1.14. The lowest BCUT2D eigenvalue weighted by Crippen LogP contribution is -2.33. The summed E-state index contributed by atoms with van der Waals surface area (Å²) < 4.78 is 0. The van der Waals surface area contributed by atoms with Gasteiger partial charge in [0.05, 0.1) is 16.6 Å². The zero-order valence-corrected chi connectivity index (χ0v) is 11.8. The topological polar surface area (TPSA) is 79.0 Å². The van der Waals surface area contributed by atoms with Gasteiger partial charge in [-0.1, -0.05) is 20.3 Å². The van der Waals surface area contributed by atoms with Crippen LogP contribution in [-0.2, 0) is 0 Å². The predicted octanol–water partition coefficient (Wildman–Crippen LogP) is 3.70. The highest BCUT2D eigenvalue weighted by atomic mass is 16.6. The van der Waals surface area contributed by atoms with Crippen LogP contribution < -0.4 is 5.32 Å². The molecule has 3 atom stereocenters. The number of nitrogens with one attached hydrogen (secondary N) is 1. The Bertz CT molecular complexity index is 551. The van der Waals surface area contributed by atoms with Crippen LogP contribution in [0.5, 0.6) is 0 Å². The fourth-order valence-corrected chi connectivity index (χ4v) is 2.81. The number of benzene rings is 1. The molecule has 0 bridgehead atoms. The first kappa shape index (κ1) is 14.3. The molecule has 3 unspecified atom stereocenters. The van der Waals surface area contributed by atoms with Gasteiger partial charge in [-0.25, -0.2) is 0 Å². The maximum atomic E-state index is 11.1. The molecule has 106 valence electrons. The molecule has 20 heavy (non-hydrogen) atoms. The van der Waals surface area contributed by atoms with Gasteiger partial charge in [0.2, 0.25) is 0 Å². The summed E-state index contributed by atoms with van der Waals surface area (Å²) in [6, 6.07) is 6.78. The van der Waals surface area contributed by atoms with E-state index in [2.05, 4.69) is 19.2 Å². The lowest BCUT2D eigenvalue weighted by atomic mass is 9.80. The monoisotopic (exact) mass is 273 g/mol. The summed E-state index contributed by atoms with van der Waals surface area (Å²) in [7, 11) is 0. The van der Waals surface area contributed by atoms with Crippen LogP contribution in [0.25, 0.3) is 0 Å². The molecule has 0 radical (unpaired) electrons. The third-order valence-corrected chi connectivity index (χ3v) is 4.12. The minimum atomic E-state index is -0.430. The van der Waals surface area contributed by atoms with Gasteiger partial charge in [-0.15, -0.1) is 0 Å². The van der Waals surface area contributed by atoms with Crippen molar-refractivity contribution in [3.05, 3.63) is 33.9 Å². The van der Waals surface area contributed by atoms with Crippen molar-refractivity contribution < 1.29 is 4.92 Å². The number of rotatable bonds is 3. The van der Waals surface area contributed by atoms with E-state index in [1.165, 1.54) is 12.5 Å². The number of nitrogens with zero attached hydrogens (tertiary/aromatic N) is 2. The SMILES string of the molecule is CC1CCC(C)C(Nc2ccc(C#N)cc2[N+](=O)[O-])C1. The van der Waals surface area contributed by atoms with Gasteiger partial charge < -0.3 is 5.32 Å². The summed E-state index contributed by atoms with van der Waals surface area (Å²) in [6.45, 7) is 4.40. The molecule has 5 nitrogen and oxygen atoms in total. The molecule has 1 aromatic rings. The van der Waals surface area contributed by atoms with E-state index in [-0.39, 0.29) is 11.7 Å². The lowest BCUT2D eigenvalue weighted by Gasteiger charge is -2.33. The Hall–Kier alpha value is -2.09. The zero-order chi connectivity index (χ0) is 14.7. The second kappa shape index (κ2) is 5.91. The summed E-state index contributed by atoms with van der Waals surface area (Å²) in [5, 5.41) is 23.3. The van der Waals surface area contributed by atoms with Gasteiger partial charge in [0.25, 0.3) is 5.69 Å². The quantitative estimate of drug-likeness (QED) is 0.672. The van der Waals surface area contributed by atoms with Crippen molar-refractivity contribution in [2.24, 2.45) is 11.8 Å². The van der Waals surface area contributed by atoms with Crippen LogP contribution in [0.4, 0.5) is 11.4 Å². The zero-order valence-electron chi connectivity index (χ0n) is 11.8. The van der Waals surface area contributed by atoms with Crippen molar-refractivity contribution in [2.75, 3.05) is 5.32 Å². The average molecular weight is 273 g/mol. The maximum absolute atomic E-state index is 11.1. The molecule has 1 fully saturated rings. The van der Waals surface area contributed by atoms with Crippen LogP contribution in [0.3, 0.4) is 0 Å². The second-order valence-electron chi connectivity index (χ2n) is 5.75. The molecule has 0 amide bonds. The standard InChI is InChI=1S/C15H19N3O2/c1-10-3-4-11(2)14(7-10)17-13-6-5-12(9-16)8-15(13)18(19)20/h5-6,8,10-11,14,17H,3-4,7H2,1-2H3. The minimum Gasteiger partial charge on any atom is -0.376 e. The van der Waals surface area contributed by atoms with E-state index in [9.17, 15) is 10.1 Å². The number of hydrogen-bond acceptors (Lipinski definition) is 4. The summed E-state index contributed by atoms with van der Waals surface area (Å²) in [6.07, 6.45) is 3.38. The molecule has 0 spiro atoms. The number of nitriles is 1. The highest BCUT2D eigenvalue weighted by Gasteiger charge is 2.27. The minimum absolute atomic E-state index is 0.0190. The van der Waals surface area contributed by atoms with Crippen molar-refractivity contribution in [2.45, 2.75) is 39.2 Å². The Morgan fingerprint density at radius 2 is 2.15 bits per heavy atom. The smallest absolute Gasteiger partial charge is 0.293 e. The predicted molar refractivity (Wildman–Crippen MR) is 77.4 cm³/mol. The number of hydrogen-bond donors (Lipinski definition) is 1. The van der Waals surface area contributed by atoms with Crippen molar-refractivity contribution in [1.29, 1.82) is 5.26 Å². The second-order valence-corrected chi connectivity index (χ2v) is 5.75. The molecule has 1 aliphatic rings. The molecular weight excluding hydrogens is 254 g/mol. The number of nitro groups is 1. The van der Waals surface area contributed by atoms with E-state index in [1.807, 2.05) is 6.07 Å². The van der Waals surface area contributed by atoms with Crippen molar-refractivity contribution >= 4 is 11.4 Å². The average Bonchev–Trinajstić information content (AvgIpc) is 2.43. The molecule has 0 aliphatic heterocycles. The summed E-state index contributed by atoms with van der Waals surface area (Å²) in [4.78, 5) is 10.7. The van der Waals surface area contributed by atoms with E-state index < -0.39 is 4.92 Å². The van der Waals surface area contributed by atoms with Gasteiger partial charge in [0.15, 0.2) is 0 Å². The molecule has 1 aromatic carbocycles. The molecule has 0 aromatic heterocycles. The lowest BCUT2D eigenvalue weighted by molar-refractivity contribution is -0.384. The number of anilines is 1. The Morgan fingerprint density at radius 1 is 1.40 bits per heavy atom. The van der Waals surface area contributed by atoms with Crippen LogP contribution in [0.15, 0.2) is 18.2 Å². The Balaban J connectivity index is 2.24. The summed E-state index contributed by atoms with van der Waals surface area (Å²) in [5.41, 5.74) is 0.807. The third-order valence-electron chi connectivity index (χ3n) is 4.12. The van der Waals surface area contributed by atoms with Gasteiger partial charge in [-0.3, -0.25) is 10.1 Å². The molecule has 0 heterocycles. The van der Waals surface area contributed by atoms with Crippen molar-refractivity contribution in [3.63, 3.8) is 0 Å². The Labute approximate surface area is 118 Å². The molecule has 1 N–H and O–H groups in total. The largest absolute Gasteiger partial charge is 0.376 e. The number of nitro benzene ring substituents is 1. The van der Waals surface area contributed by atoms with Crippen molar-refractivity contribution in [3.8, 4) is 6.07 Å². The first-order valence-electron chi connectivity index (χ1n) is 6.96. The van der Waals surface area contributed by atoms with E-state index >= 15 is 0 Å². The van der Waals surface area contributed by atoms with Crippen molar-refractivity contribution in [1.82, 2.24) is 0 Å². The first-order valence-corrected chi connectivity index (χ1v) is 6.96. The first-order chi connectivity index (χ1) is 9.51. The molecular formula is C15H19N3O2. The van der Waals surface area contributed by atoms with Crippen LogP contribution >= 0.6 is 0 Å². The molecule has 1 aliphatic carbocycles. The Morgan fingerprint density at radius 3 is 2.80 bits per heavy atom. The normalized spacial score (nSPS) is 25.8. The van der Waals surface area contributed by atoms with Gasteiger partial charge >= 0.3 is 0 Å². The Kier molecular flexibility index (Phi) is 4.23. The van der Waals surface area contributed by atoms with Crippen LogP contribution in [0.1, 0.15) is 38.7 Å². The fraction of sp³-hybridized carbons (Fsp3) is 0.533. The maximum Gasteiger partial charge on any atom is 0.293 e. The van der Waals surface area contributed by atoms with E-state index in [1.54, 1.807) is 12.1 Å². The highest BCUT2D eigenvalue weighted by Crippen LogP contribution is 2.33. The van der Waals surface area contributed by atoms with Gasteiger partial charge in [0, 0.05) is 12.1 Å².